The van der Waals surface area contributed by atoms with Gasteiger partial charge in [0.2, 0.25) is 0 Å². The summed E-state index contributed by atoms with van der Waals surface area (Å²) in [7, 11) is -2.97. The molecule has 16 heavy (non-hydrogen) atoms. The van der Waals surface area contributed by atoms with Gasteiger partial charge in [-0.25, -0.2) is 13.4 Å². The fourth-order valence-corrected chi connectivity index (χ4v) is 5.31. The topological polar surface area (TPSA) is 67.3 Å². The lowest BCUT2D eigenvalue weighted by atomic mass is 10.2. The fraction of sp³-hybridized carbons (Fsp3) is 0.700. The smallest absolute Gasteiger partial charge is 0.159 e. The Morgan fingerprint density at radius 2 is 2.44 bits per heavy atom. The van der Waals surface area contributed by atoms with E-state index in [1.165, 1.54) is 11.3 Å². The van der Waals surface area contributed by atoms with Gasteiger partial charge < -0.3 is 5.11 Å². The Kier molecular flexibility index (Phi) is 3.32. The molecule has 0 bridgehead atoms. The molecule has 0 aromatic carbocycles. The van der Waals surface area contributed by atoms with E-state index >= 15 is 0 Å². The largest absolute Gasteiger partial charge is 0.393 e. The van der Waals surface area contributed by atoms with Gasteiger partial charge in [0.05, 0.1) is 11.9 Å². The summed E-state index contributed by atoms with van der Waals surface area (Å²) in [6.07, 6.45) is 3.24. The second kappa shape index (κ2) is 4.43. The van der Waals surface area contributed by atoms with Crippen LogP contribution in [0.4, 0.5) is 0 Å². The van der Waals surface area contributed by atoms with Crippen molar-refractivity contribution in [1.82, 2.24) is 4.98 Å². The molecular formula is C10H15NO3S2. The molecule has 2 heterocycles. The molecule has 2 rings (SSSR count). The van der Waals surface area contributed by atoms with E-state index < -0.39 is 21.2 Å². The standard InChI is InChI=1S/C10H15NO3S2/c1-7(12)5-8-6-11-10(15-8)9-3-2-4-16(9,13)14/h6-7,9,12H,2-5H2,1H3. The minimum atomic E-state index is -2.97. The normalized spacial score (nSPS) is 25.8. The molecule has 0 radical (unpaired) electrons. The molecule has 6 heteroatoms. The van der Waals surface area contributed by atoms with Crippen LogP contribution in [0.25, 0.3) is 0 Å². The molecule has 1 aromatic heterocycles. The molecule has 1 aromatic rings. The summed E-state index contributed by atoms with van der Waals surface area (Å²) in [4.78, 5) is 5.13. The van der Waals surface area contributed by atoms with Crippen molar-refractivity contribution < 1.29 is 13.5 Å². The van der Waals surface area contributed by atoms with E-state index in [0.29, 0.717) is 17.8 Å². The summed E-state index contributed by atoms with van der Waals surface area (Å²) in [5.41, 5.74) is 0. The van der Waals surface area contributed by atoms with E-state index in [4.69, 9.17) is 0 Å². The summed E-state index contributed by atoms with van der Waals surface area (Å²) in [6, 6.07) is 0. The number of aromatic nitrogens is 1. The number of aliphatic hydroxyl groups excluding tert-OH is 1. The molecule has 4 nitrogen and oxygen atoms in total. The average molecular weight is 261 g/mol. The third-order valence-corrected chi connectivity index (χ3v) is 6.14. The lowest BCUT2D eigenvalue weighted by Gasteiger charge is -2.04. The van der Waals surface area contributed by atoms with E-state index in [-0.39, 0.29) is 5.75 Å². The monoisotopic (exact) mass is 261 g/mol. The van der Waals surface area contributed by atoms with E-state index in [1.54, 1.807) is 13.1 Å². The van der Waals surface area contributed by atoms with Crippen molar-refractivity contribution in [3.8, 4) is 0 Å². The SMILES string of the molecule is CC(O)Cc1cnc(C2CCCS2(=O)=O)s1. The first-order chi connectivity index (χ1) is 7.49. The van der Waals surface area contributed by atoms with Gasteiger partial charge in [-0.3, -0.25) is 0 Å². The molecule has 0 saturated carbocycles. The highest BCUT2D eigenvalue weighted by Gasteiger charge is 2.34. The van der Waals surface area contributed by atoms with Gasteiger partial charge in [0.25, 0.3) is 0 Å². The minimum absolute atomic E-state index is 0.281. The summed E-state index contributed by atoms with van der Waals surface area (Å²) in [6.45, 7) is 1.71. The highest BCUT2D eigenvalue weighted by atomic mass is 32.2. The lowest BCUT2D eigenvalue weighted by Crippen LogP contribution is -2.07. The summed E-state index contributed by atoms with van der Waals surface area (Å²) >= 11 is 1.41. The Hall–Kier alpha value is -0.460. The van der Waals surface area contributed by atoms with Gasteiger partial charge in [-0.1, -0.05) is 0 Å². The van der Waals surface area contributed by atoms with Crippen LogP contribution in [-0.2, 0) is 16.3 Å². The van der Waals surface area contributed by atoms with E-state index in [2.05, 4.69) is 4.98 Å². The second-order valence-electron chi connectivity index (χ2n) is 4.22. The predicted molar refractivity (Wildman–Crippen MR) is 63.3 cm³/mol. The Balaban J connectivity index is 2.19. The van der Waals surface area contributed by atoms with Gasteiger partial charge in [-0.05, 0) is 19.8 Å². The Morgan fingerprint density at radius 1 is 1.69 bits per heavy atom. The molecule has 0 amide bonds. The molecule has 2 atom stereocenters. The second-order valence-corrected chi connectivity index (χ2v) is 7.67. The van der Waals surface area contributed by atoms with Gasteiger partial charge in [0, 0.05) is 17.5 Å². The van der Waals surface area contributed by atoms with Gasteiger partial charge in [0.15, 0.2) is 9.84 Å². The van der Waals surface area contributed by atoms with Crippen LogP contribution in [0, 0.1) is 0 Å². The van der Waals surface area contributed by atoms with Crippen molar-refractivity contribution in [2.45, 2.75) is 37.5 Å². The summed E-state index contributed by atoms with van der Waals surface area (Å²) < 4.78 is 23.4. The fourth-order valence-electron chi connectivity index (χ4n) is 1.93. The molecule has 1 aliphatic heterocycles. The molecule has 1 aliphatic rings. The minimum Gasteiger partial charge on any atom is -0.393 e. The first-order valence-electron chi connectivity index (χ1n) is 5.33. The average Bonchev–Trinajstić information content (AvgIpc) is 2.70. The van der Waals surface area contributed by atoms with Crippen molar-refractivity contribution in [1.29, 1.82) is 0 Å². The van der Waals surface area contributed by atoms with Crippen LogP contribution in [0.2, 0.25) is 0 Å². The summed E-state index contributed by atoms with van der Waals surface area (Å²) in [5, 5.41) is 9.53. The first-order valence-corrected chi connectivity index (χ1v) is 7.86. The number of hydrogen-bond acceptors (Lipinski definition) is 5. The number of hydrogen-bond donors (Lipinski definition) is 1. The van der Waals surface area contributed by atoms with Crippen molar-refractivity contribution >= 4 is 21.2 Å². The molecule has 0 spiro atoms. The number of sulfone groups is 1. The van der Waals surface area contributed by atoms with Gasteiger partial charge >= 0.3 is 0 Å². The molecule has 0 aliphatic carbocycles. The maximum Gasteiger partial charge on any atom is 0.159 e. The number of aliphatic hydroxyl groups is 1. The van der Waals surface area contributed by atoms with Crippen LogP contribution in [0.15, 0.2) is 6.20 Å². The van der Waals surface area contributed by atoms with Crippen LogP contribution in [0.1, 0.15) is 34.9 Å². The van der Waals surface area contributed by atoms with E-state index in [1.807, 2.05) is 0 Å². The summed E-state index contributed by atoms with van der Waals surface area (Å²) in [5.74, 6) is 0.281. The molecule has 1 N–H and O–H groups in total. The zero-order valence-corrected chi connectivity index (χ0v) is 10.7. The van der Waals surface area contributed by atoms with Crippen LogP contribution >= 0.6 is 11.3 Å². The van der Waals surface area contributed by atoms with Crippen molar-refractivity contribution in [3.05, 3.63) is 16.1 Å². The quantitative estimate of drug-likeness (QED) is 0.891. The highest BCUT2D eigenvalue weighted by molar-refractivity contribution is 7.92. The van der Waals surface area contributed by atoms with Crippen LogP contribution in [0.5, 0.6) is 0 Å². The maximum absolute atomic E-state index is 11.7. The van der Waals surface area contributed by atoms with Gasteiger partial charge in [0.1, 0.15) is 10.3 Å². The van der Waals surface area contributed by atoms with Crippen molar-refractivity contribution in [3.63, 3.8) is 0 Å². The zero-order valence-electron chi connectivity index (χ0n) is 9.09. The van der Waals surface area contributed by atoms with Crippen LogP contribution in [0.3, 0.4) is 0 Å². The number of nitrogens with zero attached hydrogens (tertiary/aromatic N) is 1. The zero-order chi connectivity index (χ0) is 11.8. The Labute approximate surface area is 99.3 Å². The van der Waals surface area contributed by atoms with E-state index in [9.17, 15) is 13.5 Å². The highest BCUT2D eigenvalue weighted by Crippen LogP contribution is 2.36. The lowest BCUT2D eigenvalue weighted by molar-refractivity contribution is 0.196. The van der Waals surface area contributed by atoms with Crippen LogP contribution < -0.4 is 0 Å². The van der Waals surface area contributed by atoms with E-state index in [0.717, 1.165) is 11.3 Å². The van der Waals surface area contributed by atoms with Crippen LogP contribution in [-0.4, -0.2) is 30.4 Å². The van der Waals surface area contributed by atoms with Crippen molar-refractivity contribution in [2.24, 2.45) is 0 Å². The first kappa shape index (κ1) is 12.0. The van der Waals surface area contributed by atoms with Crippen molar-refractivity contribution in [2.75, 3.05) is 5.75 Å². The maximum atomic E-state index is 11.7. The molecular weight excluding hydrogens is 246 g/mol. The molecule has 1 saturated heterocycles. The number of rotatable bonds is 3. The molecule has 2 unspecified atom stereocenters. The predicted octanol–water partition coefficient (Wildman–Crippen LogP) is 1.32. The number of thiazole rings is 1. The Morgan fingerprint density at radius 3 is 3.00 bits per heavy atom. The third kappa shape index (κ3) is 2.44. The molecule has 1 fully saturated rings. The molecule has 90 valence electrons. The third-order valence-electron chi connectivity index (χ3n) is 2.67. The van der Waals surface area contributed by atoms with Gasteiger partial charge in [-0.15, -0.1) is 11.3 Å². The Bertz CT molecular complexity index is 464. The van der Waals surface area contributed by atoms with Gasteiger partial charge in [-0.2, -0.15) is 0 Å².